The number of cyclic esters (lactones) is 1. The molecule has 2 aliphatic carbocycles. The molecule has 3 aliphatic rings. The first-order chi connectivity index (χ1) is 13.4. The van der Waals surface area contributed by atoms with Gasteiger partial charge in [-0.2, -0.15) is 0 Å². The van der Waals surface area contributed by atoms with E-state index in [0.29, 0.717) is 17.8 Å². The molecule has 7 atom stereocenters. The molecule has 1 aliphatic heterocycles. The van der Waals surface area contributed by atoms with Crippen LogP contribution in [0.15, 0.2) is 36.0 Å². The lowest BCUT2D eigenvalue weighted by molar-refractivity contribution is -0.158. The molecule has 0 bridgehead atoms. The van der Waals surface area contributed by atoms with E-state index in [4.69, 9.17) is 9.47 Å². The third kappa shape index (κ3) is 4.76. The minimum atomic E-state index is -0.236. The SMILES string of the molecule is CC[C@H](C)C(=O)O[C@H]1C[C@@H](C)C=C2C=C[C@H](C)[C@H](CC[C@@H]3CC=CC(=O)O3)[C@@H]21. The summed E-state index contributed by atoms with van der Waals surface area (Å²) in [7, 11) is 0. The van der Waals surface area contributed by atoms with Crippen molar-refractivity contribution in [2.45, 2.75) is 72.0 Å². The van der Waals surface area contributed by atoms with Gasteiger partial charge in [0.05, 0.1) is 5.92 Å². The Morgan fingerprint density at radius 2 is 2.07 bits per heavy atom. The molecular weight excluding hydrogens is 352 g/mol. The van der Waals surface area contributed by atoms with Crippen LogP contribution in [0.5, 0.6) is 0 Å². The second-order valence-electron chi connectivity index (χ2n) is 8.85. The topological polar surface area (TPSA) is 52.6 Å². The Kier molecular flexibility index (Phi) is 6.79. The molecule has 28 heavy (non-hydrogen) atoms. The smallest absolute Gasteiger partial charge is 0.330 e. The average molecular weight is 387 g/mol. The van der Waals surface area contributed by atoms with E-state index >= 15 is 0 Å². The first-order valence-electron chi connectivity index (χ1n) is 10.9. The van der Waals surface area contributed by atoms with Gasteiger partial charge in [0, 0.05) is 18.4 Å². The fraction of sp³-hybridized carbons (Fsp3) is 0.667. The summed E-state index contributed by atoms with van der Waals surface area (Å²) in [4.78, 5) is 24.1. The summed E-state index contributed by atoms with van der Waals surface area (Å²) in [5, 5.41) is 0. The summed E-state index contributed by atoms with van der Waals surface area (Å²) in [6.07, 6.45) is 14.5. The van der Waals surface area contributed by atoms with E-state index in [0.717, 1.165) is 32.1 Å². The molecule has 4 heteroatoms. The van der Waals surface area contributed by atoms with Gasteiger partial charge in [0.1, 0.15) is 12.2 Å². The van der Waals surface area contributed by atoms with Gasteiger partial charge in [0.2, 0.25) is 0 Å². The molecule has 0 saturated heterocycles. The summed E-state index contributed by atoms with van der Waals surface area (Å²) in [5.74, 6) is 1.07. The number of fused-ring (bicyclic) bond motifs is 1. The van der Waals surface area contributed by atoms with Crippen LogP contribution >= 0.6 is 0 Å². The minimum absolute atomic E-state index is 0.0355. The molecule has 1 heterocycles. The third-order valence-electron chi connectivity index (χ3n) is 6.64. The zero-order chi connectivity index (χ0) is 20.3. The van der Waals surface area contributed by atoms with Crippen molar-refractivity contribution in [3.63, 3.8) is 0 Å². The van der Waals surface area contributed by atoms with Gasteiger partial charge in [0.15, 0.2) is 0 Å². The van der Waals surface area contributed by atoms with E-state index in [1.54, 1.807) is 0 Å². The predicted octanol–water partition coefficient (Wildman–Crippen LogP) is 5.00. The Labute approximate surface area is 169 Å². The predicted molar refractivity (Wildman–Crippen MR) is 109 cm³/mol. The van der Waals surface area contributed by atoms with Crippen LogP contribution in [0.1, 0.15) is 59.8 Å². The van der Waals surface area contributed by atoms with Crippen molar-refractivity contribution in [2.75, 3.05) is 0 Å². The highest BCUT2D eigenvalue weighted by molar-refractivity contribution is 5.82. The molecule has 0 unspecified atom stereocenters. The Morgan fingerprint density at radius 3 is 2.79 bits per heavy atom. The Hall–Kier alpha value is -1.84. The number of esters is 2. The van der Waals surface area contributed by atoms with Gasteiger partial charge >= 0.3 is 11.9 Å². The number of hydrogen-bond donors (Lipinski definition) is 0. The number of allylic oxidation sites excluding steroid dienone is 3. The van der Waals surface area contributed by atoms with Crippen molar-refractivity contribution in [3.8, 4) is 0 Å². The lowest BCUT2D eigenvalue weighted by Gasteiger charge is -2.43. The summed E-state index contributed by atoms with van der Waals surface area (Å²) in [6, 6.07) is 0. The lowest BCUT2D eigenvalue weighted by atomic mass is 9.65. The molecule has 0 amide bonds. The number of ether oxygens (including phenoxy) is 2. The standard InChI is InChI=1S/C24H34O4/c1-5-16(3)24(26)28-21-14-15(2)13-18-10-9-17(4)20(23(18)21)12-11-19-7-6-8-22(25)27-19/h6,8-10,13,15-17,19-21,23H,5,7,11-12,14H2,1-4H3/t15-,16-,17-,19-,20-,21-,23+/m0/s1. The number of carbonyl (C=O) groups excluding carboxylic acids is 2. The second-order valence-corrected chi connectivity index (χ2v) is 8.85. The minimum Gasteiger partial charge on any atom is -0.461 e. The van der Waals surface area contributed by atoms with Crippen molar-refractivity contribution >= 4 is 11.9 Å². The quantitative estimate of drug-likeness (QED) is 0.603. The monoisotopic (exact) mass is 386 g/mol. The first-order valence-corrected chi connectivity index (χ1v) is 10.9. The number of rotatable bonds is 6. The maximum absolute atomic E-state index is 12.5. The van der Waals surface area contributed by atoms with Gasteiger partial charge in [-0.3, -0.25) is 4.79 Å². The van der Waals surface area contributed by atoms with Crippen molar-refractivity contribution in [1.82, 2.24) is 0 Å². The van der Waals surface area contributed by atoms with Crippen molar-refractivity contribution in [2.24, 2.45) is 29.6 Å². The highest BCUT2D eigenvalue weighted by atomic mass is 16.5. The molecule has 0 aromatic heterocycles. The third-order valence-corrected chi connectivity index (χ3v) is 6.64. The highest BCUT2D eigenvalue weighted by Crippen LogP contribution is 2.45. The van der Waals surface area contributed by atoms with Crippen LogP contribution < -0.4 is 0 Å². The van der Waals surface area contributed by atoms with Gasteiger partial charge in [0.25, 0.3) is 0 Å². The Morgan fingerprint density at radius 1 is 1.29 bits per heavy atom. The highest BCUT2D eigenvalue weighted by Gasteiger charge is 2.41. The fourth-order valence-corrected chi connectivity index (χ4v) is 4.78. The zero-order valence-electron chi connectivity index (χ0n) is 17.6. The van der Waals surface area contributed by atoms with Gasteiger partial charge in [-0.1, -0.05) is 52.0 Å². The normalized spacial score (nSPS) is 35.6. The van der Waals surface area contributed by atoms with E-state index in [9.17, 15) is 9.59 Å². The fourth-order valence-electron chi connectivity index (χ4n) is 4.78. The Bertz CT molecular complexity index is 674. The van der Waals surface area contributed by atoms with Gasteiger partial charge in [-0.15, -0.1) is 0 Å². The van der Waals surface area contributed by atoms with Gasteiger partial charge in [-0.05, 0) is 49.0 Å². The summed E-state index contributed by atoms with van der Waals surface area (Å²) in [6.45, 7) is 8.41. The molecule has 0 spiro atoms. The number of hydrogen-bond acceptors (Lipinski definition) is 4. The zero-order valence-corrected chi connectivity index (χ0v) is 17.6. The average Bonchev–Trinajstić information content (AvgIpc) is 2.66. The molecule has 4 nitrogen and oxygen atoms in total. The molecule has 0 radical (unpaired) electrons. The van der Waals surface area contributed by atoms with Crippen molar-refractivity contribution < 1.29 is 19.1 Å². The maximum atomic E-state index is 12.5. The molecule has 0 N–H and O–H groups in total. The first kappa shape index (κ1) is 20.9. The van der Waals surface area contributed by atoms with E-state index in [1.165, 1.54) is 11.6 Å². The second kappa shape index (κ2) is 9.11. The molecule has 0 saturated carbocycles. The molecule has 0 aromatic rings. The van der Waals surface area contributed by atoms with Crippen molar-refractivity contribution in [1.29, 1.82) is 0 Å². The maximum Gasteiger partial charge on any atom is 0.330 e. The van der Waals surface area contributed by atoms with Gasteiger partial charge in [-0.25, -0.2) is 4.79 Å². The lowest BCUT2D eigenvalue weighted by Crippen LogP contribution is -2.41. The molecule has 0 aromatic carbocycles. The molecule has 0 fully saturated rings. The van der Waals surface area contributed by atoms with Crippen LogP contribution in [0.4, 0.5) is 0 Å². The van der Waals surface area contributed by atoms with Crippen molar-refractivity contribution in [3.05, 3.63) is 36.0 Å². The van der Waals surface area contributed by atoms with Crippen LogP contribution in [0.2, 0.25) is 0 Å². The van der Waals surface area contributed by atoms with Crippen LogP contribution in [-0.2, 0) is 19.1 Å². The van der Waals surface area contributed by atoms with Crippen LogP contribution in [-0.4, -0.2) is 24.1 Å². The Balaban J connectivity index is 1.75. The molecule has 154 valence electrons. The van der Waals surface area contributed by atoms with E-state index in [2.05, 4.69) is 32.1 Å². The van der Waals surface area contributed by atoms with E-state index in [-0.39, 0.29) is 36.0 Å². The van der Waals surface area contributed by atoms with Gasteiger partial charge < -0.3 is 9.47 Å². The summed E-state index contributed by atoms with van der Waals surface area (Å²) in [5.41, 5.74) is 1.31. The van der Waals surface area contributed by atoms with E-state index in [1.807, 2.05) is 19.9 Å². The van der Waals surface area contributed by atoms with Crippen LogP contribution in [0.25, 0.3) is 0 Å². The van der Waals surface area contributed by atoms with Crippen LogP contribution in [0, 0.1) is 29.6 Å². The summed E-state index contributed by atoms with van der Waals surface area (Å²) >= 11 is 0. The molecule has 3 rings (SSSR count). The largest absolute Gasteiger partial charge is 0.461 e. The summed E-state index contributed by atoms with van der Waals surface area (Å²) < 4.78 is 11.5. The molecular formula is C24H34O4. The van der Waals surface area contributed by atoms with E-state index < -0.39 is 0 Å². The number of carbonyl (C=O) groups is 2. The van der Waals surface area contributed by atoms with Crippen LogP contribution in [0.3, 0.4) is 0 Å².